The van der Waals surface area contributed by atoms with E-state index in [1.54, 1.807) is 0 Å². The number of carbonyl (C=O) groups excluding carboxylic acids is 1. The van der Waals surface area contributed by atoms with E-state index < -0.39 is 0 Å². The molecule has 68 valence electrons. The van der Waals surface area contributed by atoms with E-state index in [1.807, 2.05) is 0 Å². The summed E-state index contributed by atoms with van der Waals surface area (Å²) in [5.41, 5.74) is 1.51. The second kappa shape index (κ2) is 5.13. The minimum atomic E-state index is 0.711. The number of allylic oxidation sites excluding steroid dienone is 2. The van der Waals surface area contributed by atoms with Crippen LogP contribution >= 0.6 is 0 Å². The molecule has 1 rings (SSSR count). The van der Waals surface area contributed by atoms with Crippen molar-refractivity contribution in [2.24, 2.45) is 5.92 Å². The Bertz CT molecular complexity index is 170. The lowest BCUT2D eigenvalue weighted by Crippen LogP contribution is -2.05. The van der Waals surface area contributed by atoms with E-state index in [2.05, 4.69) is 13.0 Å². The Labute approximate surface area is 74.9 Å². The molecule has 0 amide bonds. The van der Waals surface area contributed by atoms with E-state index in [0.29, 0.717) is 6.42 Å². The van der Waals surface area contributed by atoms with E-state index in [9.17, 15) is 4.79 Å². The molecule has 0 aliphatic heterocycles. The summed E-state index contributed by atoms with van der Waals surface area (Å²) in [6.07, 6.45) is 10.2. The number of carbonyl (C=O) groups is 1. The Morgan fingerprint density at radius 3 is 3.17 bits per heavy atom. The lowest BCUT2D eigenvalue weighted by Gasteiger charge is -2.20. The van der Waals surface area contributed by atoms with Crippen molar-refractivity contribution in [2.45, 2.75) is 45.4 Å². The molecule has 1 atom stereocenters. The first kappa shape index (κ1) is 9.50. The molecular formula is C11H18O. The van der Waals surface area contributed by atoms with E-state index in [1.165, 1.54) is 31.3 Å². The van der Waals surface area contributed by atoms with Crippen molar-refractivity contribution in [3.05, 3.63) is 11.6 Å². The van der Waals surface area contributed by atoms with Gasteiger partial charge in [0.05, 0.1) is 0 Å². The molecule has 0 aromatic rings. The van der Waals surface area contributed by atoms with Gasteiger partial charge in [-0.3, -0.25) is 0 Å². The molecule has 1 unspecified atom stereocenters. The predicted octanol–water partition coefficient (Wildman–Crippen LogP) is 3.10. The van der Waals surface area contributed by atoms with Crippen LogP contribution in [0.4, 0.5) is 0 Å². The summed E-state index contributed by atoms with van der Waals surface area (Å²) in [5, 5.41) is 0. The highest BCUT2D eigenvalue weighted by atomic mass is 16.1. The van der Waals surface area contributed by atoms with Crippen molar-refractivity contribution < 1.29 is 4.79 Å². The fourth-order valence-electron chi connectivity index (χ4n) is 1.88. The zero-order valence-electron chi connectivity index (χ0n) is 7.88. The van der Waals surface area contributed by atoms with Crippen molar-refractivity contribution in [3.63, 3.8) is 0 Å². The van der Waals surface area contributed by atoms with Crippen LogP contribution in [-0.4, -0.2) is 6.29 Å². The van der Waals surface area contributed by atoms with Gasteiger partial charge in [-0.25, -0.2) is 0 Å². The topological polar surface area (TPSA) is 17.1 Å². The largest absolute Gasteiger partial charge is 0.303 e. The van der Waals surface area contributed by atoms with Crippen LogP contribution in [0.2, 0.25) is 0 Å². The zero-order valence-corrected chi connectivity index (χ0v) is 7.88. The van der Waals surface area contributed by atoms with Crippen molar-refractivity contribution in [3.8, 4) is 0 Å². The van der Waals surface area contributed by atoms with Gasteiger partial charge in [-0.1, -0.05) is 25.0 Å². The van der Waals surface area contributed by atoms with Gasteiger partial charge in [-0.15, -0.1) is 0 Å². The van der Waals surface area contributed by atoms with Gasteiger partial charge in [0.2, 0.25) is 0 Å². The molecule has 0 aromatic carbocycles. The normalized spacial score (nSPS) is 23.4. The van der Waals surface area contributed by atoms with Crippen molar-refractivity contribution in [2.75, 3.05) is 0 Å². The molecule has 12 heavy (non-hydrogen) atoms. The Morgan fingerprint density at radius 2 is 2.50 bits per heavy atom. The molecule has 0 N–H and O–H groups in total. The standard InChI is InChI=1S/C11H18O/c1-2-10-5-3-6-11(9-10)7-4-8-12/h6,8,10H,2-5,7,9H2,1H3. The van der Waals surface area contributed by atoms with Gasteiger partial charge in [-0.2, -0.15) is 0 Å². The number of rotatable bonds is 4. The van der Waals surface area contributed by atoms with Gasteiger partial charge >= 0.3 is 0 Å². The first-order valence-corrected chi connectivity index (χ1v) is 4.98. The highest BCUT2D eigenvalue weighted by molar-refractivity contribution is 5.49. The maximum atomic E-state index is 10.2. The highest BCUT2D eigenvalue weighted by Gasteiger charge is 2.12. The van der Waals surface area contributed by atoms with Crippen LogP contribution in [0.5, 0.6) is 0 Å². The van der Waals surface area contributed by atoms with Crippen molar-refractivity contribution in [1.29, 1.82) is 0 Å². The third-order valence-electron chi connectivity index (χ3n) is 2.72. The Hall–Kier alpha value is -0.590. The second-order valence-electron chi connectivity index (χ2n) is 3.62. The van der Waals surface area contributed by atoms with Gasteiger partial charge < -0.3 is 4.79 Å². The Morgan fingerprint density at radius 1 is 1.67 bits per heavy atom. The predicted molar refractivity (Wildman–Crippen MR) is 51.0 cm³/mol. The van der Waals surface area contributed by atoms with Gasteiger partial charge in [0.1, 0.15) is 6.29 Å². The van der Waals surface area contributed by atoms with Gasteiger partial charge in [0, 0.05) is 6.42 Å². The third kappa shape index (κ3) is 2.80. The average Bonchev–Trinajstić information content (AvgIpc) is 2.15. The molecule has 0 bridgehead atoms. The van der Waals surface area contributed by atoms with E-state index in [0.717, 1.165) is 18.6 Å². The summed E-state index contributed by atoms with van der Waals surface area (Å²) in [6.45, 7) is 2.26. The summed E-state index contributed by atoms with van der Waals surface area (Å²) in [7, 11) is 0. The molecule has 1 aliphatic rings. The molecule has 1 heteroatoms. The number of aldehydes is 1. The molecule has 0 aromatic heterocycles. The maximum absolute atomic E-state index is 10.2. The fraction of sp³-hybridized carbons (Fsp3) is 0.727. The van der Waals surface area contributed by atoms with E-state index in [4.69, 9.17) is 0 Å². The van der Waals surface area contributed by atoms with Crippen LogP contribution in [-0.2, 0) is 4.79 Å². The fourth-order valence-corrected chi connectivity index (χ4v) is 1.88. The molecule has 0 spiro atoms. The maximum Gasteiger partial charge on any atom is 0.120 e. The smallest absolute Gasteiger partial charge is 0.120 e. The van der Waals surface area contributed by atoms with Crippen LogP contribution < -0.4 is 0 Å². The van der Waals surface area contributed by atoms with Gasteiger partial charge in [0.15, 0.2) is 0 Å². The summed E-state index contributed by atoms with van der Waals surface area (Å²) < 4.78 is 0. The van der Waals surface area contributed by atoms with Crippen molar-refractivity contribution in [1.82, 2.24) is 0 Å². The molecule has 0 heterocycles. The molecule has 1 nitrogen and oxygen atoms in total. The number of hydrogen-bond acceptors (Lipinski definition) is 1. The minimum absolute atomic E-state index is 0.711. The van der Waals surface area contributed by atoms with Crippen molar-refractivity contribution >= 4 is 6.29 Å². The highest BCUT2D eigenvalue weighted by Crippen LogP contribution is 2.28. The summed E-state index contributed by atoms with van der Waals surface area (Å²) >= 11 is 0. The summed E-state index contributed by atoms with van der Waals surface area (Å²) in [4.78, 5) is 10.2. The number of hydrogen-bond donors (Lipinski definition) is 0. The summed E-state index contributed by atoms with van der Waals surface area (Å²) in [5.74, 6) is 0.886. The molecular weight excluding hydrogens is 148 g/mol. The SMILES string of the molecule is CCC1CCC=C(CCC=O)C1. The third-order valence-corrected chi connectivity index (χ3v) is 2.72. The molecule has 1 aliphatic carbocycles. The van der Waals surface area contributed by atoms with Crippen LogP contribution in [0.25, 0.3) is 0 Å². The first-order chi connectivity index (χ1) is 5.86. The molecule has 0 saturated heterocycles. The lowest BCUT2D eigenvalue weighted by molar-refractivity contribution is -0.107. The summed E-state index contributed by atoms with van der Waals surface area (Å²) in [6, 6.07) is 0. The first-order valence-electron chi connectivity index (χ1n) is 4.98. The second-order valence-corrected chi connectivity index (χ2v) is 3.62. The van der Waals surface area contributed by atoms with Gasteiger partial charge in [-0.05, 0) is 31.6 Å². The zero-order chi connectivity index (χ0) is 8.81. The van der Waals surface area contributed by atoms with Crippen LogP contribution in [0.1, 0.15) is 45.4 Å². The molecule has 0 saturated carbocycles. The molecule has 0 radical (unpaired) electrons. The monoisotopic (exact) mass is 166 g/mol. The Kier molecular flexibility index (Phi) is 4.06. The minimum Gasteiger partial charge on any atom is -0.303 e. The lowest BCUT2D eigenvalue weighted by atomic mass is 9.85. The Balaban J connectivity index is 2.33. The van der Waals surface area contributed by atoms with E-state index >= 15 is 0 Å². The van der Waals surface area contributed by atoms with Crippen LogP contribution in [0.3, 0.4) is 0 Å². The quantitative estimate of drug-likeness (QED) is 0.463. The molecule has 0 fully saturated rings. The van der Waals surface area contributed by atoms with Crippen LogP contribution in [0.15, 0.2) is 11.6 Å². The van der Waals surface area contributed by atoms with E-state index in [-0.39, 0.29) is 0 Å². The average molecular weight is 166 g/mol. The van der Waals surface area contributed by atoms with Crippen LogP contribution in [0, 0.1) is 5.92 Å². The van der Waals surface area contributed by atoms with Gasteiger partial charge in [0.25, 0.3) is 0 Å².